The average molecular weight is 405 g/mol. The number of sulfonamides is 1. The first kappa shape index (κ1) is 20.1. The van der Waals surface area contributed by atoms with Gasteiger partial charge in [0, 0.05) is 13.0 Å². The molecule has 8 nitrogen and oxygen atoms in total. The van der Waals surface area contributed by atoms with Crippen molar-refractivity contribution in [1.29, 1.82) is 0 Å². The van der Waals surface area contributed by atoms with Crippen LogP contribution in [0.2, 0.25) is 0 Å². The molecule has 0 atom stereocenters. The number of hydrazine groups is 1. The van der Waals surface area contributed by atoms with E-state index in [1.54, 1.807) is 19.1 Å². The van der Waals surface area contributed by atoms with E-state index >= 15 is 0 Å². The molecular weight excluding hydrogens is 382 g/mol. The normalized spacial score (nSPS) is 13.6. The SMILES string of the molecule is Cc1occc1C(=O)NNC(=O)CCNS(=O)(=O)c1ccc2c(c1)CCCC2. The fourth-order valence-electron chi connectivity index (χ4n) is 3.14. The minimum atomic E-state index is -3.69. The third-order valence-corrected chi connectivity index (χ3v) is 6.15. The summed E-state index contributed by atoms with van der Waals surface area (Å²) in [5, 5.41) is 0. The smallest absolute Gasteiger partial charge is 0.273 e. The van der Waals surface area contributed by atoms with Crippen LogP contribution in [0.1, 0.15) is 46.5 Å². The predicted molar refractivity (Wildman–Crippen MR) is 102 cm³/mol. The summed E-state index contributed by atoms with van der Waals surface area (Å²) in [6.07, 6.45) is 5.32. The van der Waals surface area contributed by atoms with Gasteiger partial charge >= 0.3 is 0 Å². The van der Waals surface area contributed by atoms with E-state index in [4.69, 9.17) is 4.42 Å². The van der Waals surface area contributed by atoms with E-state index in [2.05, 4.69) is 15.6 Å². The van der Waals surface area contributed by atoms with E-state index in [-0.39, 0.29) is 17.9 Å². The van der Waals surface area contributed by atoms with Crippen molar-refractivity contribution in [2.75, 3.05) is 6.54 Å². The van der Waals surface area contributed by atoms with Crippen molar-refractivity contribution in [3.8, 4) is 0 Å². The molecule has 150 valence electrons. The molecule has 0 aliphatic heterocycles. The average Bonchev–Trinajstić information content (AvgIpc) is 3.11. The Hall–Kier alpha value is -2.65. The number of fused-ring (bicyclic) bond motifs is 1. The highest BCUT2D eigenvalue weighted by Gasteiger charge is 2.18. The molecule has 0 spiro atoms. The molecule has 28 heavy (non-hydrogen) atoms. The van der Waals surface area contributed by atoms with Crippen LogP contribution >= 0.6 is 0 Å². The van der Waals surface area contributed by atoms with E-state index in [0.717, 1.165) is 31.2 Å². The highest BCUT2D eigenvalue weighted by molar-refractivity contribution is 7.89. The summed E-state index contributed by atoms with van der Waals surface area (Å²) in [6, 6.07) is 6.66. The third-order valence-electron chi connectivity index (χ3n) is 4.69. The number of furan rings is 1. The Morgan fingerprint density at radius 2 is 1.82 bits per heavy atom. The van der Waals surface area contributed by atoms with Crippen LogP contribution in [0.3, 0.4) is 0 Å². The summed E-state index contributed by atoms with van der Waals surface area (Å²) in [5.74, 6) is -0.582. The van der Waals surface area contributed by atoms with Crippen molar-refractivity contribution >= 4 is 21.8 Å². The molecule has 1 aliphatic rings. The van der Waals surface area contributed by atoms with Gasteiger partial charge in [-0.2, -0.15) is 0 Å². The zero-order chi connectivity index (χ0) is 20.1. The maximum Gasteiger partial charge on any atom is 0.273 e. The first-order valence-corrected chi connectivity index (χ1v) is 10.6. The number of carbonyl (C=O) groups is 2. The van der Waals surface area contributed by atoms with Crippen LogP contribution in [0.4, 0.5) is 0 Å². The summed E-state index contributed by atoms with van der Waals surface area (Å²) in [5.41, 5.74) is 7.10. The fraction of sp³-hybridized carbons (Fsp3) is 0.368. The van der Waals surface area contributed by atoms with Gasteiger partial charge in [-0.05, 0) is 61.9 Å². The molecule has 0 saturated heterocycles. The molecule has 0 unspecified atom stereocenters. The molecule has 0 fully saturated rings. The number of nitrogens with one attached hydrogen (secondary N) is 3. The topological polar surface area (TPSA) is 118 Å². The Bertz CT molecular complexity index is 981. The van der Waals surface area contributed by atoms with Gasteiger partial charge in [-0.15, -0.1) is 0 Å². The first-order chi connectivity index (χ1) is 13.4. The van der Waals surface area contributed by atoms with Crippen LogP contribution in [-0.4, -0.2) is 26.8 Å². The lowest BCUT2D eigenvalue weighted by atomic mass is 9.92. The Morgan fingerprint density at radius 1 is 1.07 bits per heavy atom. The van der Waals surface area contributed by atoms with E-state index in [9.17, 15) is 18.0 Å². The predicted octanol–water partition coefficient (Wildman–Crippen LogP) is 1.60. The van der Waals surface area contributed by atoms with Crippen LogP contribution in [0, 0.1) is 6.92 Å². The van der Waals surface area contributed by atoms with Crippen LogP contribution in [0.15, 0.2) is 39.8 Å². The molecule has 2 aromatic rings. The summed E-state index contributed by atoms with van der Waals surface area (Å²) >= 11 is 0. The largest absolute Gasteiger partial charge is 0.469 e. The zero-order valence-corrected chi connectivity index (χ0v) is 16.4. The second kappa shape index (κ2) is 8.57. The van der Waals surface area contributed by atoms with Gasteiger partial charge in [0.15, 0.2) is 0 Å². The molecule has 3 N–H and O–H groups in total. The van der Waals surface area contributed by atoms with Crippen LogP contribution < -0.4 is 15.6 Å². The third kappa shape index (κ3) is 4.79. The van der Waals surface area contributed by atoms with Crippen molar-refractivity contribution in [2.45, 2.75) is 43.9 Å². The number of amides is 2. The van der Waals surface area contributed by atoms with Gasteiger partial charge in [-0.3, -0.25) is 20.4 Å². The Morgan fingerprint density at radius 3 is 2.54 bits per heavy atom. The number of benzene rings is 1. The van der Waals surface area contributed by atoms with Gasteiger partial charge in [0.25, 0.3) is 5.91 Å². The van der Waals surface area contributed by atoms with Gasteiger partial charge in [0.1, 0.15) is 5.76 Å². The molecule has 3 rings (SSSR count). The number of aryl methyl sites for hydroxylation is 3. The van der Waals surface area contributed by atoms with Crippen LogP contribution in [-0.2, 0) is 27.7 Å². The first-order valence-electron chi connectivity index (χ1n) is 9.11. The molecular formula is C19H23N3O5S. The summed E-state index contributed by atoms with van der Waals surface area (Å²) in [6.45, 7) is 1.55. The van der Waals surface area contributed by atoms with E-state index in [1.165, 1.54) is 17.9 Å². The lowest BCUT2D eigenvalue weighted by Gasteiger charge is -2.16. The second-order valence-corrected chi connectivity index (χ2v) is 8.45. The summed E-state index contributed by atoms with van der Waals surface area (Å²) in [7, 11) is -3.69. The lowest BCUT2D eigenvalue weighted by molar-refractivity contribution is -0.121. The van der Waals surface area contributed by atoms with E-state index in [0.29, 0.717) is 11.3 Å². The van der Waals surface area contributed by atoms with Crippen molar-refractivity contribution in [2.24, 2.45) is 0 Å². The molecule has 1 heterocycles. The summed E-state index contributed by atoms with van der Waals surface area (Å²) in [4.78, 5) is 23.9. The lowest BCUT2D eigenvalue weighted by Crippen LogP contribution is -2.42. The maximum atomic E-state index is 12.4. The Labute approximate surface area is 163 Å². The molecule has 0 bridgehead atoms. The van der Waals surface area contributed by atoms with Gasteiger partial charge in [0.2, 0.25) is 15.9 Å². The monoisotopic (exact) mass is 405 g/mol. The molecule has 0 saturated carbocycles. The minimum Gasteiger partial charge on any atom is -0.469 e. The number of hydrogen-bond acceptors (Lipinski definition) is 5. The standard InChI is InChI=1S/C19H23N3O5S/c1-13-17(9-11-27-13)19(24)22-21-18(23)8-10-20-28(25,26)16-7-6-14-4-2-3-5-15(14)12-16/h6-7,9,11-12,20H,2-5,8,10H2,1H3,(H,21,23)(H,22,24). The minimum absolute atomic E-state index is 0.0775. The Balaban J connectivity index is 1.48. The molecule has 1 aromatic carbocycles. The second-order valence-electron chi connectivity index (χ2n) is 6.68. The van der Waals surface area contributed by atoms with Crippen molar-refractivity contribution in [3.63, 3.8) is 0 Å². The van der Waals surface area contributed by atoms with Gasteiger partial charge in [0.05, 0.1) is 16.7 Å². The van der Waals surface area contributed by atoms with Crippen molar-refractivity contribution in [3.05, 3.63) is 53.0 Å². The highest BCUT2D eigenvalue weighted by atomic mass is 32.2. The highest BCUT2D eigenvalue weighted by Crippen LogP contribution is 2.24. The molecule has 1 aromatic heterocycles. The molecule has 2 amide bonds. The van der Waals surface area contributed by atoms with Gasteiger partial charge < -0.3 is 4.42 Å². The van der Waals surface area contributed by atoms with E-state index < -0.39 is 21.8 Å². The number of rotatable bonds is 6. The van der Waals surface area contributed by atoms with Crippen LogP contribution in [0.25, 0.3) is 0 Å². The maximum absolute atomic E-state index is 12.4. The fourth-order valence-corrected chi connectivity index (χ4v) is 4.22. The zero-order valence-electron chi connectivity index (χ0n) is 15.6. The molecule has 9 heteroatoms. The van der Waals surface area contributed by atoms with Gasteiger partial charge in [-0.1, -0.05) is 6.07 Å². The van der Waals surface area contributed by atoms with Gasteiger partial charge in [-0.25, -0.2) is 13.1 Å². The quantitative estimate of drug-likeness (QED) is 0.631. The molecule has 1 aliphatic carbocycles. The van der Waals surface area contributed by atoms with E-state index in [1.807, 2.05) is 6.07 Å². The summed E-state index contributed by atoms with van der Waals surface area (Å²) < 4.78 is 32.3. The molecule has 0 radical (unpaired) electrons. The Kier molecular flexibility index (Phi) is 6.15. The number of carbonyl (C=O) groups excluding carboxylic acids is 2. The number of hydrogen-bond donors (Lipinski definition) is 3. The van der Waals surface area contributed by atoms with Crippen molar-refractivity contribution in [1.82, 2.24) is 15.6 Å². The van der Waals surface area contributed by atoms with Crippen molar-refractivity contribution < 1.29 is 22.4 Å². The van der Waals surface area contributed by atoms with Crippen LogP contribution in [0.5, 0.6) is 0 Å².